The van der Waals surface area contributed by atoms with Crippen LogP contribution in [0.2, 0.25) is 0 Å². The van der Waals surface area contributed by atoms with Crippen LogP contribution in [0.1, 0.15) is 37.9 Å². The van der Waals surface area contributed by atoms with E-state index in [1.807, 2.05) is 30.3 Å². The number of rotatable bonds is 4. The van der Waals surface area contributed by atoms with Gasteiger partial charge in [-0.25, -0.2) is 0 Å². The Morgan fingerprint density at radius 1 is 1.31 bits per heavy atom. The monoisotopic (exact) mass is 219 g/mol. The summed E-state index contributed by atoms with van der Waals surface area (Å²) in [5.74, 6) is 0.839. The molecule has 2 unspecified atom stereocenters. The molecule has 1 aliphatic rings. The van der Waals surface area contributed by atoms with Crippen LogP contribution in [0.4, 0.5) is 0 Å². The molecule has 1 aliphatic carbocycles. The summed E-state index contributed by atoms with van der Waals surface area (Å²) in [6.45, 7) is 2.97. The minimum absolute atomic E-state index is 0.378. The van der Waals surface area contributed by atoms with Crippen LogP contribution < -0.4 is 5.32 Å². The van der Waals surface area contributed by atoms with Gasteiger partial charge >= 0.3 is 0 Å². The normalized spacial score (nSPS) is 26.9. The number of aliphatic hydroxyl groups is 1. The van der Waals surface area contributed by atoms with E-state index in [0.717, 1.165) is 11.5 Å². The SMILES string of the molecule is CC1CCC(NC[C@H](O)c2ccccc2)C1. The molecular weight excluding hydrogens is 198 g/mol. The second-order valence-electron chi connectivity index (χ2n) is 4.95. The molecule has 2 heteroatoms. The Morgan fingerprint density at radius 2 is 2.06 bits per heavy atom. The smallest absolute Gasteiger partial charge is 0.0914 e. The van der Waals surface area contributed by atoms with Gasteiger partial charge in [0.15, 0.2) is 0 Å². The molecule has 0 aromatic heterocycles. The lowest BCUT2D eigenvalue weighted by Gasteiger charge is -2.16. The molecule has 0 aliphatic heterocycles. The van der Waals surface area contributed by atoms with Gasteiger partial charge in [-0.3, -0.25) is 0 Å². The molecule has 1 fully saturated rings. The average Bonchev–Trinajstić information content (AvgIpc) is 2.73. The van der Waals surface area contributed by atoms with Gasteiger partial charge in [0.2, 0.25) is 0 Å². The number of hydrogen-bond acceptors (Lipinski definition) is 2. The van der Waals surface area contributed by atoms with Crippen LogP contribution in [-0.4, -0.2) is 17.7 Å². The van der Waals surface area contributed by atoms with Crippen LogP contribution in [0.3, 0.4) is 0 Å². The van der Waals surface area contributed by atoms with Gasteiger partial charge in [-0.2, -0.15) is 0 Å². The third kappa shape index (κ3) is 3.06. The Morgan fingerprint density at radius 3 is 2.69 bits per heavy atom. The molecular formula is C14H21NO. The maximum Gasteiger partial charge on any atom is 0.0914 e. The first kappa shape index (κ1) is 11.6. The van der Waals surface area contributed by atoms with Crippen molar-refractivity contribution in [2.24, 2.45) is 5.92 Å². The zero-order chi connectivity index (χ0) is 11.4. The highest BCUT2D eigenvalue weighted by molar-refractivity contribution is 5.17. The number of hydrogen-bond donors (Lipinski definition) is 2. The van der Waals surface area contributed by atoms with Crippen molar-refractivity contribution in [1.82, 2.24) is 5.32 Å². The molecule has 1 aromatic carbocycles. The summed E-state index contributed by atoms with van der Waals surface area (Å²) in [5.41, 5.74) is 1.00. The van der Waals surface area contributed by atoms with Crippen molar-refractivity contribution in [3.8, 4) is 0 Å². The highest BCUT2D eigenvalue weighted by Gasteiger charge is 2.21. The fourth-order valence-corrected chi connectivity index (χ4v) is 2.46. The lowest BCUT2D eigenvalue weighted by Crippen LogP contribution is -2.30. The van der Waals surface area contributed by atoms with Crippen molar-refractivity contribution in [3.05, 3.63) is 35.9 Å². The van der Waals surface area contributed by atoms with Crippen molar-refractivity contribution in [2.75, 3.05) is 6.54 Å². The first-order chi connectivity index (χ1) is 7.75. The Bertz CT molecular complexity index is 312. The molecule has 0 radical (unpaired) electrons. The Balaban J connectivity index is 1.78. The molecule has 2 rings (SSSR count). The largest absolute Gasteiger partial charge is 0.387 e. The van der Waals surface area contributed by atoms with Gasteiger partial charge in [0.1, 0.15) is 0 Å². The van der Waals surface area contributed by atoms with E-state index >= 15 is 0 Å². The van der Waals surface area contributed by atoms with E-state index in [4.69, 9.17) is 0 Å². The second kappa shape index (κ2) is 5.46. The topological polar surface area (TPSA) is 32.3 Å². The lowest BCUT2D eigenvalue weighted by molar-refractivity contribution is 0.169. The van der Waals surface area contributed by atoms with E-state index in [-0.39, 0.29) is 6.10 Å². The maximum atomic E-state index is 9.98. The van der Waals surface area contributed by atoms with E-state index < -0.39 is 0 Å². The quantitative estimate of drug-likeness (QED) is 0.815. The molecule has 0 bridgehead atoms. The van der Waals surface area contributed by atoms with Crippen LogP contribution in [-0.2, 0) is 0 Å². The van der Waals surface area contributed by atoms with Crippen LogP contribution in [0.5, 0.6) is 0 Å². The van der Waals surface area contributed by atoms with Crippen LogP contribution >= 0.6 is 0 Å². The van der Waals surface area contributed by atoms with Gasteiger partial charge in [-0.1, -0.05) is 37.3 Å². The van der Waals surface area contributed by atoms with E-state index in [2.05, 4.69) is 12.2 Å². The predicted molar refractivity (Wildman–Crippen MR) is 66.2 cm³/mol. The summed E-state index contributed by atoms with van der Waals surface area (Å²) in [7, 11) is 0. The summed E-state index contributed by atoms with van der Waals surface area (Å²) in [4.78, 5) is 0. The Kier molecular flexibility index (Phi) is 3.97. The molecule has 16 heavy (non-hydrogen) atoms. The third-order valence-corrected chi connectivity index (χ3v) is 3.48. The molecule has 3 atom stereocenters. The molecule has 0 spiro atoms. The Hall–Kier alpha value is -0.860. The summed E-state index contributed by atoms with van der Waals surface area (Å²) in [6.07, 6.45) is 3.45. The zero-order valence-electron chi connectivity index (χ0n) is 9.89. The van der Waals surface area contributed by atoms with Gasteiger partial charge in [0.25, 0.3) is 0 Å². The van der Waals surface area contributed by atoms with Crippen molar-refractivity contribution in [3.63, 3.8) is 0 Å². The van der Waals surface area contributed by atoms with E-state index in [1.54, 1.807) is 0 Å². The van der Waals surface area contributed by atoms with Gasteiger partial charge in [-0.05, 0) is 30.7 Å². The van der Waals surface area contributed by atoms with Crippen molar-refractivity contribution in [2.45, 2.75) is 38.3 Å². The van der Waals surface area contributed by atoms with Gasteiger partial charge in [0.05, 0.1) is 6.10 Å². The van der Waals surface area contributed by atoms with Crippen LogP contribution in [0.15, 0.2) is 30.3 Å². The molecule has 2 nitrogen and oxygen atoms in total. The summed E-state index contributed by atoms with van der Waals surface area (Å²) >= 11 is 0. The minimum Gasteiger partial charge on any atom is -0.387 e. The maximum absolute atomic E-state index is 9.98. The van der Waals surface area contributed by atoms with Crippen molar-refractivity contribution >= 4 is 0 Å². The number of nitrogens with one attached hydrogen (secondary N) is 1. The summed E-state index contributed by atoms with van der Waals surface area (Å²) < 4.78 is 0. The summed E-state index contributed by atoms with van der Waals surface area (Å²) in [6, 6.07) is 10.5. The molecule has 0 saturated heterocycles. The zero-order valence-corrected chi connectivity index (χ0v) is 9.89. The van der Waals surface area contributed by atoms with Gasteiger partial charge in [0, 0.05) is 12.6 Å². The molecule has 88 valence electrons. The second-order valence-corrected chi connectivity index (χ2v) is 4.95. The Labute approximate surface area is 97.7 Å². The summed E-state index contributed by atoms with van der Waals surface area (Å²) in [5, 5.41) is 13.4. The highest BCUT2D eigenvalue weighted by atomic mass is 16.3. The standard InChI is InChI=1S/C14H21NO/c1-11-7-8-13(9-11)15-10-14(16)12-5-3-2-4-6-12/h2-6,11,13-16H,7-10H2,1H3/t11?,13?,14-/m0/s1. The lowest BCUT2D eigenvalue weighted by atomic mass is 10.1. The van der Waals surface area contributed by atoms with Gasteiger partial charge in [-0.15, -0.1) is 0 Å². The number of benzene rings is 1. The van der Waals surface area contributed by atoms with Crippen molar-refractivity contribution in [1.29, 1.82) is 0 Å². The number of aliphatic hydroxyl groups excluding tert-OH is 1. The van der Waals surface area contributed by atoms with Crippen molar-refractivity contribution < 1.29 is 5.11 Å². The minimum atomic E-state index is -0.378. The first-order valence-electron chi connectivity index (χ1n) is 6.22. The molecule has 0 heterocycles. The van der Waals surface area contributed by atoms with Crippen LogP contribution in [0.25, 0.3) is 0 Å². The first-order valence-corrected chi connectivity index (χ1v) is 6.22. The predicted octanol–water partition coefficient (Wildman–Crippen LogP) is 2.50. The molecule has 1 saturated carbocycles. The van der Waals surface area contributed by atoms with E-state index in [1.165, 1.54) is 19.3 Å². The highest BCUT2D eigenvalue weighted by Crippen LogP contribution is 2.25. The third-order valence-electron chi connectivity index (χ3n) is 3.48. The van der Waals surface area contributed by atoms with Crippen LogP contribution in [0, 0.1) is 5.92 Å². The van der Waals surface area contributed by atoms with E-state index in [9.17, 15) is 5.11 Å². The average molecular weight is 219 g/mol. The molecule has 2 N–H and O–H groups in total. The molecule has 1 aromatic rings. The molecule has 0 amide bonds. The fourth-order valence-electron chi connectivity index (χ4n) is 2.46. The fraction of sp³-hybridized carbons (Fsp3) is 0.571. The van der Waals surface area contributed by atoms with E-state index in [0.29, 0.717) is 12.6 Å². The van der Waals surface area contributed by atoms with Gasteiger partial charge < -0.3 is 10.4 Å².